The summed E-state index contributed by atoms with van der Waals surface area (Å²) < 4.78 is 0. The van der Waals surface area contributed by atoms with Crippen molar-refractivity contribution in [3.05, 3.63) is 6.42 Å². The third kappa shape index (κ3) is 2.31. The van der Waals surface area contributed by atoms with E-state index >= 15 is 0 Å². The van der Waals surface area contributed by atoms with Crippen LogP contribution < -0.4 is 0 Å². The van der Waals surface area contributed by atoms with Gasteiger partial charge in [-0.3, -0.25) is 0 Å². The molecule has 9 heavy (non-hydrogen) atoms. The van der Waals surface area contributed by atoms with Gasteiger partial charge in [0.15, 0.2) is 0 Å². The minimum atomic E-state index is 0. The van der Waals surface area contributed by atoms with Gasteiger partial charge in [0.05, 0.1) is 0 Å². The maximum absolute atomic E-state index is 2.36. The molecule has 1 radical (unpaired) electrons. The van der Waals surface area contributed by atoms with E-state index in [0.717, 1.165) is 0 Å². The molecule has 0 nitrogen and oxygen atoms in total. The summed E-state index contributed by atoms with van der Waals surface area (Å²) in [6, 6.07) is 0. The molecule has 0 bridgehead atoms. The van der Waals surface area contributed by atoms with Gasteiger partial charge >= 0.3 is 0 Å². The summed E-state index contributed by atoms with van der Waals surface area (Å²) in [6.45, 7) is 4.55. The van der Waals surface area contributed by atoms with Gasteiger partial charge in [-0.15, -0.1) is 0 Å². The minimum absolute atomic E-state index is 0. The molecule has 1 heteroatoms. The standard InChI is InChI=1S/C8H15.Mn/c1-3-8(2)6-4-5-7-8;/h3H,4-7H2,1-2H3;/q-1;. The Labute approximate surface area is 68.9 Å². The molecule has 0 saturated heterocycles. The first kappa shape index (κ1) is 9.52. The quantitative estimate of drug-likeness (QED) is 0.415. The van der Waals surface area contributed by atoms with Crippen LogP contribution in [-0.4, -0.2) is 0 Å². The Morgan fingerprint density at radius 1 is 1.22 bits per heavy atom. The predicted molar refractivity (Wildman–Crippen MR) is 36.5 cm³/mol. The molecule has 55 valence electrons. The van der Waals surface area contributed by atoms with E-state index in [-0.39, 0.29) is 17.1 Å². The van der Waals surface area contributed by atoms with Crippen LogP contribution >= 0.6 is 0 Å². The topological polar surface area (TPSA) is 0 Å². The normalized spacial score (nSPS) is 23.3. The monoisotopic (exact) mass is 166 g/mol. The Morgan fingerprint density at radius 3 is 1.89 bits per heavy atom. The maximum atomic E-state index is 2.36. The van der Waals surface area contributed by atoms with Crippen LogP contribution in [0, 0.1) is 11.8 Å². The Morgan fingerprint density at radius 2 is 1.67 bits per heavy atom. The molecule has 1 aliphatic carbocycles. The fraction of sp³-hybridized carbons (Fsp3) is 0.875. The SMILES string of the molecule is C[CH-]C1(C)CCCC1.[Mn]. The van der Waals surface area contributed by atoms with Gasteiger partial charge < -0.3 is 6.42 Å². The molecule has 0 aromatic rings. The zero-order valence-electron chi connectivity index (χ0n) is 6.28. The molecular weight excluding hydrogens is 151 g/mol. The molecule has 0 aromatic carbocycles. The van der Waals surface area contributed by atoms with Crippen LogP contribution in [0.4, 0.5) is 0 Å². The molecule has 0 heterocycles. The summed E-state index contributed by atoms with van der Waals surface area (Å²) in [5.41, 5.74) is 0.611. The van der Waals surface area contributed by atoms with Crippen LogP contribution in [0.25, 0.3) is 0 Å². The Kier molecular flexibility index (Phi) is 3.84. The van der Waals surface area contributed by atoms with Crippen LogP contribution in [0.3, 0.4) is 0 Å². The summed E-state index contributed by atoms with van der Waals surface area (Å²) in [5, 5.41) is 0. The second kappa shape index (κ2) is 3.63. The zero-order chi connectivity index (χ0) is 6.04. The summed E-state index contributed by atoms with van der Waals surface area (Å²) >= 11 is 0. The van der Waals surface area contributed by atoms with E-state index < -0.39 is 0 Å². The fourth-order valence-corrected chi connectivity index (χ4v) is 1.47. The van der Waals surface area contributed by atoms with Crippen molar-refractivity contribution in [2.75, 3.05) is 0 Å². The summed E-state index contributed by atoms with van der Waals surface area (Å²) in [7, 11) is 0. The van der Waals surface area contributed by atoms with Crippen molar-refractivity contribution in [3.8, 4) is 0 Å². The van der Waals surface area contributed by atoms with Gasteiger partial charge in [-0.05, 0) is 0 Å². The zero-order valence-corrected chi connectivity index (χ0v) is 7.46. The molecule has 1 aliphatic rings. The minimum Gasteiger partial charge on any atom is -0.326 e. The molecule has 1 rings (SSSR count). The average molecular weight is 166 g/mol. The summed E-state index contributed by atoms with van der Waals surface area (Å²) in [5.74, 6) is 0. The van der Waals surface area contributed by atoms with Crippen molar-refractivity contribution in [3.63, 3.8) is 0 Å². The van der Waals surface area contributed by atoms with Gasteiger partial charge in [-0.1, -0.05) is 32.6 Å². The van der Waals surface area contributed by atoms with Gasteiger partial charge in [0, 0.05) is 17.1 Å². The maximum Gasteiger partial charge on any atom is 0 e. The van der Waals surface area contributed by atoms with E-state index in [1.54, 1.807) is 0 Å². The third-order valence-electron chi connectivity index (χ3n) is 2.44. The molecule has 1 saturated carbocycles. The molecule has 0 amide bonds. The van der Waals surface area contributed by atoms with Crippen LogP contribution in [0.15, 0.2) is 0 Å². The van der Waals surface area contributed by atoms with E-state index in [9.17, 15) is 0 Å². The van der Waals surface area contributed by atoms with Gasteiger partial charge in [0.2, 0.25) is 0 Å². The number of rotatable bonds is 1. The first-order chi connectivity index (χ1) is 3.77. The number of hydrogen-bond acceptors (Lipinski definition) is 0. The van der Waals surface area contributed by atoms with E-state index in [1.165, 1.54) is 25.7 Å². The average Bonchev–Trinajstić information content (AvgIpc) is 2.17. The van der Waals surface area contributed by atoms with E-state index in [0.29, 0.717) is 5.41 Å². The van der Waals surface area contributed by atoms with Crippen LogP contribution in [-0.2, 0) is 17.1 Å². The third-order valence-corrected chi connectivity index (χ3v) is 2.44. The van der Waals surface area contributed by atoms with Gasteiger partial charge in [-0.2, -0.15) is 12.3 Å². The molecular formula is C8H15Mn-. The molecule has 0 unspecified atom stereocenters. The largest absolute Gasteiger partial charge is 0.326 e. The predicted octanol–water partition coefficient (Wildman–Crippen LogP) is 2.79. The smallest absolute Gasteiger partial charge is 0 e. The summed E-state index contributed by atoms with van der Waals surface area (Å²) in [6.07, 6.45) is 8.09. The van der Waals surface area contributed by atoms with Crippen molar-refractivity contribution in [2.24, 2.45) is 5.41 Å². The van der Waals surface area contributed by atoms with Gasteiger partial charge in [-0.25, -0.2) is 0 Å². The van der Waals surface area contributed by atoms with Crippen molar-refractivity contribution >= 4 is 0 Å². The van der Waals surface area contributed by atoms with Crippen LogP contribution in [0.5, 0.6) is 0 Å². The van der Waals surface area contributed by atoms with Gasteiger partial charge in [0.25, 0.3) is 0 Å². The van der Waals surface area contributed by atoms with Crippen molar-refractivity contribution in [1.29, 1.82) is 0 Å². The molecule has 0 atom stereocenters. The molecule has 0 aromatic heterocycles. The van der Waals surface area contributed by atoms with Crippen LogP contribution in [0.2, 0.25) is 0 Å². The number of hydrogen-bond donors (Lipinski definition) is 0. The van der Waals surface area contributed by atoms with E-state index in [2.05, 4.69) is 20.3 Å². The van der Waals surface area contributed by atoms with E-state index in [4.69, 9.17) is 0 Å². The van der Waals surface area contributed by atoms with Crippen LogP contribution in [0.1, 0.15) is 39.5 Å². The molecule has 0 aliphatic heterocycles. The Balaban J connectivity index is 0.000000640. The van der Waals surface area contributed by atoms with Crippen molar-refractivity contribution in [1.82, 2.24) is 0 Å². The van der Waals surface area contributed by atoms with Crippen molar-refractivity contribution < 1.29 is 17.1 Å². The van der Waals surface area contributed by atoms with E-state index in [1.807, 2.05) is 0 Å². The fourth-order valence-electron chi connectivity index (χ4n) is 1.47. The van der Waals surface area contributed by atoms with Gasteiger partial charge in [0.1, 0.15) is 0 Å². The Hall–Kier alpha value is 0.519. The van der Waals surface area contributed by atoms with Crippen molar-refractivity contribution in [2.45, 2.75) is 39.5 Å². The molecule has 0 spiro atoms. The second-order valence-corrected chi connectivity index (χ2v) is 3.15. The first-order valence-corrected chi connectivity index (χ1v) is 3.57. The first-order valence-electron chi connectivity index (χ1n) is 3.57. The summed E-state index contributed by atoms with van der Waals surface area (Å²) in [4.78, 5) is 0. The molecule has 1 fully saturated rings. The second-order valence-electron chi connectivity index (χ2n) is 3.15. The Bertz CT molecular complexity index is 72.6. The molecule has 0 N–H and O–H groups in total.